The van der Waals surface area contributed by atoms with E-state index >= 15 is 0 Å². The Kier molecular flexibility index (Phi) is 6.14. The van der Waals surface area contributed by atoms with Gasteiger partial charge in [-0.2, -0.15) is 5.10 Å². The lowest BCUT2D eigenvalue weighted by Crippen LogP contribution is -2.50. The zero-order valence-electron chi connectivity index (χ0n) is 15.6. The zero-order chi connectivity index (χ0) is 19.7. The van der Waals surface area contributed by atoms with Gasteiger partial charge in [0.25, 0.3) is 17.5 Å². The first-order valence-electron chi connectivity index (χ1n) is 9.14. The first-order chi connectivity index (χ1) is 13.5. The summed E-state index contributed by atoms with van der Waals surface area (Å²) in [5.74, 6) is -0.313. The molecule has 1 aromatic heterocycles. The molecule has 2 aliphatic heterocycles. The highest BCUT2D eigenvalue weighted by Gasteiger charge is 2.29. The Hall–Kier alpha value is -2.98. The van der Waals surface area contributed by atoms with Crippen LogP contribution in [0.25, 0.3) is 0 Å². The van der Waals surface area contributed by atoms with Gasteiger partial charge in [-0.05, 0) is 12.1 Å². The summed E-state index contributed by atoms with van der Waals surface area (Å²) >= 11 is 0. The van der Waals surface area contributed by atoms with Crippen molar-refractivity contribution in [3.63, 3.8) is 0 Å². The van der Waals surface area contributed by atoms with E-state index in [1.165, 1.54) is 24.3 Å². The molecule has 3 heterocycles. The third kappa shape index (κ3) is 4.08. The van der Waals surface area contributed by atoms with Gasteiger partial charge >= 0.3 is 0 Å². The summed E-state index contributed by atoms with van der Waals surface area (Å²) in [6.45, 7) is 3.16. The number of benzene rings is 1. The lowest BCUT2D eigenvalue weighted by molar-refractivity contribution is -0.384. The molecule has 11 heteroatoms. The molecule has 10 nitrogen and oxygen atoms in total. The maximum atomic E-state index is 12.8. The van der Waals surface area contributed by atoms with Gasteiger partial charge in [-0.25, -0.2) is 0 Å². The highest BCUT2D eigenvalue weighted by Crippen LogP contribution is 2.19. The number of hydrogen-bond acceptors (Lipinski definition) is 6. The van der Waals surface area contributed by atoms with Gasteiger partial charge in [0.2, 0.25) is 0 Å². The molecule has 0 atom stereocenters. The molecule has 1 saturated heterocycles. The number of hydrogen-bond donors (Lipinski definition) is 2. The molecule has 2 N–H and O–H groups in total. The van der Waals surface area contributed by atoms with Crippen molar-refractivity contribution < 1.29 is 14.5 Å². The van der Waals surface area contributed by atoms with Gasteiger partial charge in [-0.15, -0.1) is 12.4 Å². The van der Waals surface area contributed by atoms with E-state index < -0.39 is 4.92 Å². The topological polar surface area (TPSA) is 124 Å². The van der Waals surface area contributed by atoms with Crippen LogP contribution in [0.15, 0.2) is 24.3 Å². The Balaban J connectivity index is 0.00000240. The molecule has 1 aromatic carbocycles. The molecule has 1 fully saturated rings. The average molecular weight is 421 g/mol. The molecule has 0 bridgehead atoms. The minimum atomic E-state index is -0.498. The summed E-state index contributed by atoms with van der Waals surface area (Å²) in [6, 6.07) is 5.56. The Morgan fingerprint density at radius 2 is 1.66 bits per heavy atom. The Morgan fingerprint density at radius 1 is 1.03 bits per heavy atom. The second kappa shape index (κ2) is 8.58. The van der Waals surface area contributed by atoms with Gasteiger partial charge in [-0.3, -0.25) is 24.8 Å². The molecule has 0 aliphatic carbocycles. The fourth-order valence-electron chi connectivity index (χ4n) is 3.57. The molecule has 0 unspecified atom stereocenters. The molecule has 2 aliphatic rings. The highest BCUT2D eigenvalue weighted by molar-refractivity contribution is 5.96. The zero-order valence-corrected chi connectivity index (χ0v) is 16.4. The van der Waals surface area contributed by atoms with Crippen LogP contribution in [0.3, 0.4) is 0 Å². The molecule has 0 saturated carbocycles. The summed E-state index contributed by atoms with van der Waals surface area (Å²) in [5, 5.41) is 21.1. The van der Waals surface area contributed by atoms with Crippen LogP contribution in [0.4, 0.5) is 5.69 Å². The van der Waals surface area contributed by atoms with Gasteiger partial charge in [0.05, 0.1) is 4.92 Å². The van der Waals surface area contributed by atoms with Crippen LogP contribution in [0, 0.1) is 10.1 Å². The predicted molar refractivity (Wildman–Crippen MR) is 106 cm³/mol. The van der Waals surface area contributed by atoms with Crippen molar-refractivity contribution in [1.29, 1.82) is 0 Å². The molecule has 0 spiro atoms. The number of carbonyl (C=O) groups excluding carboxylic acids is 2. The number of amides is 2. The fraction of sp³-hybridized carbons (Fsp3) is 0.389. The third-order valence-electron chi connectivity index (χ3n) is 5.19. The van der Waals surface area contributed by atoms with E-state index in [4.69, 9.17) is 0 Å². The van der Waals surface area contributed by atoms with Crippen molar-refractivity contribution >= 4 is 29.9 Å². The second-order valence-corrected chi connectivity index (χ2v) is 6.84. The number of rotatable bonds is 3. The molecular formula is C18H21ClN6O4. The van der Waals surface area contributed by atoms with Crippen molar-refractivity contribution in [2.45, 2.75) is 13.0 Å². The van der Waals surface area contributed by atoms with Gasteiger partial charge in [0.15, 0.2) is 5.69 Å². The first kappa shape index (κ1) is 20.7. The standard InChI is InChI=1S/C18H20N6O4.ClH/c25-17(12-1-3-13(4-2-12)24(27)28)22-7-9-23(10-8-22)18(26)16-14-11-19-6-5-15(14)20-21-16;/h1-4,19H,5-11H2,(H,20,21);1H. The van der Waals surface area contributed by atoms with Crippen LogP contribution >= 0.6 is 12.4 Å². The first-order valence-corrected chi connectivity index (χ1v) is 9.14. The minimum absolute atomic E-state index is 0. The predicted octanol–water partition coefficient (Wildman–Crippen LogP) is 0.984. The summed E-state index contributed by atoms with van der Waals surface area (Å²) in [4.78, 5) is 39.0. The van der Waals surface area contributed by atoms with Crippen molar-refractivity contribution in [3.8, 4) is 0 Å². The van der Waals surface area contributed by atoms with Gasteiger partial charge in [0.1, 0.15) is 0 Å². The van der Waals surface area contributed by atoms with Gasteiger partial charge in [0, 0.05) is 74.6 Å². The number of nitro groups is 1. The van der Waals surface area contributed by atoms with E-state index in [0.29, 0.717) is 44.0 Å². The number of aromatic amines is 1. The quantitative estimate of drug-likeness (QED) is 0.563. The van der Waals surface area contributed by atoms with Crippen LogP contribution in [-0.4, -0.2) is 69.5 Å². The second-order valence-electron chi connectivity index (χ2n) is 6.84. The van der Waals surface area contributed by atoms with Crippen molar-refractivity contribution in [2.24, 2.45) is 0 Å². The summed E-state index contributed by atoms with van der Waals surface area (Å²) in [5.41, 5.74) is 2.74. The molecule has 2 amide bonds. The van der Waals surface area contributed by atoms with Crippen LogP contribution in [0.5, 0.6) is 0 Å². The van der Waals surface area contributed by atoms with Gasteiger partial charge < -0.3 is 15.1 Å². The van der Waals surface area contributed by atoms with E-state index in [9.17, 15) is 19.7 Å². The van der Waals surface area contributed by atoms with Crippen LogP contribution < -0.4 is 5.32 Å². The molecular weight excluding hydrogens is 400 g/mol. The van der Waals surface area contributed by atoms with Crippen molar-refractivity contribution in [3.05, 3.63) is 56.9 Å². The Morgan fingerprint density at radius 3 is 2.28 bits per heavy atom. The van der Waals surface area contributed by atoms with E-state index in [1.54, 1.807) is 9.80 Å². The molecule has 154 valence electrons. The SMILES string of the molecule is Cl.O=C(c1ccc([N+](=O)[O-])cc1)N1CCN(C(=O)c2n[nH]c3c2CNCC3)CC1. The number of halogens is 1. The number of piperazine rings is 1. The number of nitrogens with one attached hydrogen (secondary N) is 2. The molecule has 2 aromatic rings. The Labute approximate surface area is 172 Å². The average Bonchev–Trinajstić information content (AvgIpc) is 3.17. The normalized spacial score (nSPS) is 16.0. The summed E-state index contributed by atoms with van der Waals surface area (Å²) in [7, 11) is 0. The lowest BCUT2D eigenvalue weighted by atomic mass is 10.1. The highest BCUT2D eigenvalue weighted by atomic mass is 35.5. The number of H-pyrrole nitrogens is 1. The van der Waals surface area contributed by atoms with Crippen molar-refractivity contribution in [1.82, 2.24) is 25.3 Å². The fourth-order valence-corrected chi connectivity index (χ4v) is 3.57. The number of non-ortho nitro benzene ring substituents is 1. The van der Waals surface area contributed by atoms with Crippen LogP contribution in [0.2, 0.25) is 0 Å². The molecule has 0 radical (unpaired) electrons. The van der Waals surface area contributed by atoms with Crippen LogP contribution in [-0.2, 0) is 13.0 Å². The smallest absolute Gasteiger partial charge is 0.274 e. The van der Waals surface area contributed by atoms with E-state index in [1.807, 2.05) is 0 Å². The summed E-state index contributed by atoms with van der Waals surface area (Å²) in [6.07, 6.45) is 0.827. The van der Waals surface area contributed by atoms with Crippen molar-refractivity contribution in [2.75, 3.05) is 32.7 Å². The van der Waals surface area contributed by atoms with Crippen LogP contribution in [0.1, 0.15) is 32.1 Å². The largest absolute Gasteiger partial charge is 0.335 e. The Bertz CT molecular complexity index is 921. The maximum absolute atomic E-state index is 12.8. The number of fused-ring (bicyclic) bond motifs is 1. The number of nitrogens with zero attached hydrogens (tertiary/aromatic N) is 4. The number of nitro benzene ring substituents is 1. The lowest BCUT2D eigenvalue weighted by Gasteiger charge is -2.34. The molecule has 4 rings (SSSR count). The monoisotopic (exact) mass is 420 g/mol. The maximum Gasteiger partial charge on any atom is 0.274 e. The van der Waals surface area contributed by atoms with E-state index in [2.05, 4.69) is 15.5 Å². The number of aromatic nitrogens is 2. The van der Waals surface area contributed by atoms with E-state index in [-0.39, 0.29) is 29.9 Å². The summed E-state index contributed by atoms with van der Waals surface area (Å²) < 4.78 is 0. The third-order valence-corrected chi connectivity index (χ3v) is 5.19. The van der Waals surface area contributed by atoms with Gasteiger partial charge in [-0.1, -0.05) is 0 Å². The minimum Gasteiger partial charge on any atom is -0.335 e. The van der Waals surface area contributed by atoms with E-state index in [0.717, 1.165) is 24.2 Å². The molecule has 29 heavy (non-hydrogen) atoms. The number of carbonyl (C=O) groups is 2.